The normalized spacial score (nSPS) is 28.4. The van der Waals surface area contributed by atoms with Crippen molar-refractivity contribution in [3.63, 3.8) is 0 Å². The summed E-state index contributed by atoms with van der Waals surface area (Å²) in [5.74, 6) is 0. The molecular formula is C6H10S2. The summed E-state index contributed by atoms with van der Waals surface area (Å²) in [7, 11) is 3.86. The summed E-state index contributed by atoms with van der Waals surface area (Å²) in [4.78, 5) is 0. The fraction of sp³-hybridized carbons (Fsp3) is 0.667. The molecule has 0 spiro atoms. The molecule has 46 valence electrons. The lowest BCUT2D eigenvalue weighted by molar-refractivity contribution is 0.841. The quantitative estimate of drug-likeness (QED) is 0.521. The number of hydrogen-bond acceptors (Lipinski definition) is 2. The van der Waals surface area contributed by atoms with E-state index in [0.29, 0.717) is 0 Å². The summed E-state index contributed by atoms with van der Waals surface area (Å²) in [5, 5.41) is 3.06. The van der Waals surface area contributed by atoms with Crippen LogP contribution < -0.4 is 0 Å². The van der Waals surface area contributed by atoms with Gasteiger partial charge in [-0.05, 0) is 18.2 Å². The zero-order chi connectivity index (χ0) is 5.82. The minimum Gasteiger partial charge on any atom is -0.0858 e. The molecule has 1 aliphatic heterocycles. The number of allylic oxidation sites excluding steroid dienone is 1. The highest BCUT2D eigenvalue weighted by Gasteiger charge is 2.06. The zero-order valence-corrected chi connectivity index (χ0v) is 6.60. The second-order valence-electron chi connectivity index (χ2n) is 1.83. The van der Waals surface area contributed by atoms with E-state index >= 15 is 0 Å². The highest BCUT2D eigenvalue weighted by molar-refractivity contribution is 8.78. The molecule has 2 heteroatoms. The van der Waals surface area contributed by atoms with Crippen LogP contribution in [-0.4, -0.2) is 5.25 Å². The van der Waals surface area contributed by atoms with Crippen LogP contribution in [0.15, 0.2) is 11.5 Å². The van der Waals surface area contributed by atoms with Gasteiger partial charge in [-0.25, -0.2) is 0 Å². The molecule has 0 N–H and O–H groups in total. The van der Waals surface area contributed by atoms with Crippen LogP contribution in [0.3, 0.4) is 0 Å². The maximum Gasteiger partial charge on any atom is 0.0186 e. The average Bonchev–Trinajstić information content (AvgIpc) is 1.90. The van der Waals surface area contributed by atoms with Gasteiger partial charge in [0.05, 0.1) is 0 Å². The standard InChI is InChI=1S/C6H10S2/c1-2-6-4-3-5-7-8-6/h3,5-6H,2,4H2,1H3. The summed E-state index contributed by atoms with van der Waals surface area (Å²) in [6.07, 6.45) is 4.84. The van der Waals surface area contributed by atoms with E-state index in [1.54, 1.807) is 0 Å². The van der Waals surface area contributed by atoms with Gasteiger partial charge in [0, 0.05) is 5.25 Å². The van der Waals surface area contributed by atoms with Crippen LogP contribution in [0.2, 0.25) is 0 Å². The van der Waals surface area contributed by atoms with E-state index in [4.69, 9.17) is 0 Å². The maximum absolute atomic E-state index is 2.26. The molecule has 1 aliphatic rings. The molecule has 8 heavy (non-hydrogen) atoms. The van der Waals surface area contributed by atoms with E-state index in [-0.39, 0.29) is 0 Å². The molecule has 0 radical (unpaired) electrons. The van der Waals surface area contributed by atoms with Crippen LogP contribution in [-0.2, 0) is 0 Å². The van der Waals surface area contributed by atoms with Crippen molar-refractivity contribution in [1.82, 2.24) is 0 Å². The van der Waals surface area contributed by atoms with E-state index in [1.165, 1.54) is 12.8 Å². The van der Waals surface area contributed by atoms with Crippen molar-refractivity contribution in [3.8, 4) is 0 Å². The lowest BCUT2D eigenvalue weighted by Gasteiger charge is -2.12. The Kier molecular flexibility index (Phi) is 2.84. The minimum atomic E-state index is 0.880. The maximum atomic E-state index is 2.26. The first kappa shape index (κ1) is 6.56. The highest BCUT2D eigenvalue weighted by atomic mass is 33.1. The first-order valence-electron chi connectivity index (χ1n) is 2.90. The Morgan fingerprint density at radius 2 is 2.62 bits per heavy atom. The smallest absolute Gasteiger partial charge is 0.0186 e. The third kappa shape index (κ3) is 1.75. The number of hydrogen-bond donors (Lipinski definition) is 0. The van der Waals surface area contributed by atoms with Crippen molar-refractivity contribution in [2.75, 3.05) is 0 Å². The van der Waals surface area contributed by atoms with Gasteiger partial charge >= 0.3 is 0 Å². The number of rotatable bonds is 1. The Morgan fingerprint density at radius 3 is 3.00 bits per heavy atom. The molecule has 1 rings (SSSR count). The lowest BCUT2D eigenvalue weighted by Crippen LogP contribution is -1.97. The monoisotopic (exact) mass is 146 g/mol. The van der Waals surface area contributed by atoms with Gasteiger partial charge in [0.2, 0.25) is 0 Å². The Bertz CT molecular complexity index is 88.5. The van der Waals surface area contributed by atoms with E-state index < -0.39 is 0 Å². The SMILES string of the molecule is CCC1CC=CSS1. The zero-order valence-electron chi connectivity index (χ0n) is 4.96. The van der Waals surface area contributed by atoms with Crippen LogP contribution in [0.5, 0.6) is 0 Å². The molecule has 0 fully saturated rings. The Hall–Kier alpha value is 0.440. The van der Waals surface area contributed by atoms with Gasteiger partial charge in [-0.15, -0.1) is 0 Å². The largest absolute Gasteiger partial charge is 0.0858 e. The second-order valence-corrected chi connectivity index (χ2v) is 4.31. The van der Waals surface area contributed by atoms with Crippen LogP contribution >= 0.6 is 21.6 Å². The summed E-state index contributed by atoms with van der Waals surface area (Å²) in [6, 6.07) is 0. The lowest BCUT2D eigenvalue weighted by atomic mass is 10.2. The molecule has 0 aromatic heterocycles. The second kappa shape index (κ2) is 3.46. The van der Waals surface area contributed by atoms with Crippen molar-refractivity contribution >= 4 is 21.6 Å². The van der Waals surface area contributed by atoms with Gasteiger partial charge in [0.15, 0.2) is 0 Å². The Morgan fingerprint density at radius 1 is 1.75 bits per heavy atom. The van der Waals surface area contributed by atoms with E-state index in [0.717, 1.165) is 5.25 Å². The molecule has 0 amide bonds. The van der Waals surface area contributed by atoms with Crippen molar-refractivity contribution in [1.29, 1.82) is 0 Å². The van der Waals surface area contributed by atoms with Crippen molar-refractivity contribution < 1.29 is 0 Å². The van der Waals surface area contributed by atoms with E-state index in [1.807, 2.05) is 21.6 Å². The van der Waals surface area contributed by atoms with Crippen LogP contribution in [0.1, 0.15) is 19.8 Å². The van der Waals surface area contributed by atoms with Gasteiger partial charge in [-0.1, -0.05) is 34.6 Å². The summed E-state index contributed by atoms with van der Waals surface area (Å²) < 4.78 is 0. The third-order valence-corrected chi connectivity index (χ3v) is 3.89. The molecule has 0 saturated heterocycles. The molecule has 0 nitrogen and oxygen atoms in total. The third-order valence-electron chi connectivity index (χ3n) is 1.20. The predicted octanol–water partition coefficient (Wildman–Crippen LogP) is 3.06. The molecule has 0 bridgehead atoms. The van der Waals surface area contributed by atoms with Gasteiger partial charge in [0.25, 0.3) is 0 Å². The fourth-order valence-electron chi connectivity index (χ4n) is 0.631. The predicted molar refractivity (Wildman–Crippen MR) is 43.0 cm³/mol. The van der Waals surface area contributed by atoms with Crippen LogP contribution in [0, 0.1) is 0 Å². The van der Waals surface area contributed by atoms with Gasteiger partial charge in [0.1, 0.15) is 0 Å². The average molecular weight is 146 g/mol. The van der Waals surface area contributed by atoms with Gasteiger partial charge in [-0.3, -0.25) is 0 Å². The highest BCUT2D eigenvalue weighted by Crippen LogP contribution is 2.35. The van der Waals surface area contributed by atoms with Crippen LogP contribution in [0.25, 0.3) is 0 Å². The molecule has 1 unspecified atom stereocenters. The molecule has 1 heterocycles. The van der Waals surface area contributed by atoms with Crippen molar-refractivity contribution in [2.45, 2.75) is 25.0 Å². The molecule has 0 aromatic carbocycles. The topological polar surface area (TPSA) is 0 Å². The first-order valence-corrected chi connectivity index (χ1v) is 5.18. The van der Waals surface area contributed by atoms with E-state index in [9.17, 15) is 0 Å². The fourth-order valence-corrected chi connectivity index (χ4v) is 2.91. The summed E-state index contributed by atoms with van der Waals surface area (Å²) in [5.41, 5.74) is 0. The molecular weight excluding hydrogens is 136 g/mol. The van der Waals surface area contributed by atoms with Gasteiger partial charge < -0.3 is 0 Å². The van der Waals surface area contributed by atoms with Crippen LogP contribution in [0.4, 0.5) is 0 Å². The first-order chi connectivity index (χ1) is 3.93. The minimum absolute atomic E-state index is 0.880. The van der Waals surface area contributed by atoms with Gasteiger partial charge in [-0.2, -0.15) is 0 Å². The van der Waals surface area contributed by atoms with Crippen molar-refractivity contribution in [2.24, 2.45) is 0 Å². The summed E-state index contributed by atoms with van der Waals surface area (Å²) in [6.45, 7) is 2.25. The van der Waals surface area contributed by atoms with E-state index in [2.05, 4.69) is 18.4 Å². The Labute approximate surface area is 58.5 Å². The Balaban J connectivity index is 2.27. The summed E-state index contributed by atoms with van der Waals surface area (Å²) >= 11 is 0. The molecule has 1 atom stereocenters. The molecule has 0 aliphatic carbocycles. The molecule has 0 aromatic rings. The van der Waals surface area contributed by atoms with Crippen molar-refractivity contribution in [3.05, 3.63) is 11.5 Å². The molecule has 0 saturated carbocycles.